The molecule has 1 nitrogen and oxygen atoms in total. The number of hydrogen-bond donors (Lipinski definition) is 0. The fourth-order valence-electron chi connectivity index (χ4n) is 6.58. The Labute approximate surface area is 277 Å². The molecule has 0 fully saturated rings. The molecule has 0 bridgehead atoms. The first-order valence-electron chi connectivity index (χ1n) is 16.1. The third-order valence-corrected chi connectivity index (χ3v) is 11.2. The molecule has 0 radical (unpaired) electrons. The number of fused-ring (bicyclic) bond motifs is 2. The quantitative estimate of drug-likeness (QED) is 0.154. The molecule has 0 atom stereocenters. The molecule has 0 spiro atoms. The zero-order valence-electron chi connectivity index (χ0n) is 26.0. The van der Waals surface area contributed by atoms with Crippen molar-refractivity contribution in [3.8, 4) is 28.0 Å². The van der Waals surface area contributed by atoms with E-state index in [4.69, 9.17) is 4.74 Å². The van der Waals surface area contributed by atoms with E-state index in [2.05, 4.69) is 188 Å². The van der Waals surface area contributed by atoms with Crippen LogP contribution in [-0.4, -0.2) is 0 Å². The van der Waals surface area contributed by atoms with Crippen molar-refractivity contribution in [1.29, 1.82) is 0 Å². The van der Waals surface area contributed by atoms with Crippen LogP contribution in [-0.2, 0) is 6.61 Å². The standard InChI is InChI=1S/C45H33OP/c1-5-17-33(18-6-1)32-46-45-41(34-19-7-2-8-20-34)31-36-22-14-16-28-40(36)44(45)43-39-27-15-13-21-35(39)29-30-42(43)47(37-23-9-3-10-24-37)38-25-11-4-12-26-38/h1-31H,32H2. The van der Waals surface area contributed by atoms with Gasteiger partial charge in [-0.2, -0.15) is 0 Å². The first-order valence-corrected chi connectivity index (χ1v) is 17.4. The van der Waals surface area contributed by atoms with Crippen LogP contribution >= 0.6 is 7.92 Å². The third kappa shape index (κ3) is 5.72. The van der Waals surface area contributed by atoms with Crippen LogP contribution < -0.4 is 20.7 Å². The average molecular weight is 621 g/mol. The maximum absolute atomic E-state index is 7.07. The van der Waals surface area contributed by atoms with E-state index in [1.165, 1.54) is 43.0 Å². The predicted molar refractivity (Wildman–Crippen MR) is 202 cm³/mol. The smallest absolute Gasteiger partial charge is 0.136 e. The van der Waals surface area contributed by atoms with E-state index >= 15 is 0 Å². The minimum absolute atomic E-state index is 0.470. The van der Waals surface area contributed by atoms with E-state index in [-0.39, 0.29) is 0 Å². The van der Waals surface area contributed by atoms with Crippen LogP contribution in [0, 0.1) is 0 Å². The fourth-order valence-corrected chi connectivity index (χ4v) is 9.05. The van der Waals surface area contributed by atoms with Crippen LogP contribution in [0.3, 0.4) is 0 Å². The summed E-state index contributed by atoms with van der Waals surface area (Å²) in [5, 5.41) is 8.77. The highest BCUT2D eigenvalue weighted by Gasteiger charge is 2.27. The van der Waals surface area contributed by atoms with Crippen molar-refractivity contribution in [1.82, 2.24) is 0 Å². The summed E-state index contributed by atoms with van der Waals surface area (Å²) in [4.78, 5) is 0. The van der Waals surface area contributed by atoms with Gasteiger partial charge in [-0.15, -0.1) is 0 Å². The second-order valence-corrected chi connectivity index (χ2v) is 13.9. The lowest BCUT2D eigenvalue weighted by molar-refractivity contribution is 0.309. The first kappa shape index (κ1) is 28.9. The molecule has 0 N–H and O–H groups in total. The van der Waals surface area contributed by atoms with Gasteiger partial charge >= 0.3 is 0 Å². The minimum atomic E-state index is -0.904. The van der Waals surface area contributed by atoms with Gasteiger partial charge in [0.1, 0.15) is 12.4 Å². The predicted octanol–water partition coefficient (Wildman–Crippen LogP) is 10.7. The minimum Gasteiger partial charge on any atom is -0.488 e. The zero-order valence-corrected chi connectivity index (χ0v) is 26.9. The molecule has 224 valence electrons. The number of benzene rings is 8. The molecule has 2 heteroatoms. The van der Waals surface area contributed by atoms with Crippen molar-refractivity contribution in [2.24, 2.45) is 0 Å². The highest BCUT2D eigenvalue weighted by Crippen LogP contribution is 2.49. The van der Waals surface area contributed by atoms with Crippen LogP contribution in [0.25, 0.3) is 43.8 Å². The van der Waals surface area contributed by atoms with Crippen molar-refractivity contribution in [3.05, 3.63) is 194 Å². The Morgan fingerprint density at radius 3 is 1.57 bits per heavy atom. The normalized spacial score (nSPS) is 11.3. The van der Waals surface area contributed by atoms with Gasteiger partial charge in [-0.25, -0.2) is 0 Å². The van der Waals surface area contributed by atoms with Gasteiger partial charge in [0.05, 0.1) is 0 Å². The summed E-state index contributed by atoms with van der Waals surface area (Å²) in [6.45, 7) is 0.470. The summed E-state index contributed by atoms with van der Waals surface area (Å²) < 4.78 is 7.07. The summed E-state index contributed by atoms with van der Waals surface area (Å²) in [6, 6.07) is 67.7. The van der Waals surface area contributed by atoms with Gasteiger partial charge in [0, 0.05) is 16.7 Å². The molecule has 0 aliphatic rings. The van der Waals surface area contributed by atoms with E-state index in [1.807, 2.05) is 0 Å². The van der Waals surface area contributed by atoms with Crippen molar-refractivity contribution in [2.75, 3.05) is 0 Å². The average Bonchev–Trinajstić information content (AvgIpc) is 3.15. The lowest BCUT2D eigenvalue weighted by atomic mass is 9.89. The lowest BCUT2D eigenvalue weighted by Crippen LogP contribution is -2.22. The van der Waals surface area contributed by atoms with E-state index in [1.54, 1.807) is 0 Å². The number of rotatable bonds is 8. The molecule has 0 heterocycles. The molecule has 0 saturated carbocycles. The van der Waals surface area contributed by atoms with Gasteiger partial charge in [-0.3, -0.25) is 0 Å². The van der Waals surface area contributed by atoms with Gasteiger partial charge in [0.2, 0.25) is 0 Å². The molecule has 0 aromatic heterocycles. The molecule has 0 aliphatic heterocycles. The van der Waals surface area contributed by atoms with Gasteiger partial charge in [-0.1, -0.05) is 182 Å². The summed E-state index contributed by atoms with van der Waals surface area (Å²) in [6.07, 6.45) is 0. The summed E-state index contributed by atoms with van der Waals surface area (Å²) in [5.74, 6) is 0.910. The molecule has 47 heavy (non-hydrogen) atoms. The Kier molecular flexibility index (Phi) is 8.06. The molecule has 0 amide bonds. The summed E-state index contributed by atoms with van der Waals surface area (Å²) >= 11 is 0. The van der Waals surface area contributed by atoms with Gasteiger partial charge in [0.15, 0.2) is 0 Å². The van der Waals surface area contributed by atoms with Crippen molar-refractivity contribution in [3.63, 3.8) is 0 Å². The highest BCUT2D eigenvalue weighted by molar-refractivity contribution is 7.80. The van der Waals surface area contributed by atoms with Crippen LogP contribution in [0.1, 0.15) is 5.56 Å². The van der Waals surface area contributed by atoms with Crippen LogP contribution in [0.2, 0.25) is 0 Å². The zero-order chi connectivity index (χ0) is 31.4. The largest absolute Gasteiger partial charge is 0.488 e. The first-order chi connectivity index (χ1) is 23.3. The molecule has 8 rings (SSSR count). The third-order valence-electron chi connectivity index (χ3n) is 8.74. The van der Waals surface area contributed by atoms with E-state index in [0.29, 0.717) is 6.61 Å². The molecule has 0 saturated heterocycles. The topological polar surface area (TPSA) is 9.23 Å². The Bertz CT molecular complexity index is 2240. The van der Waals surface area contributed by atoms with E-state index in [9.17, 15) is 0 Å². The highest BCUT2D eigenvalue weighted by atomic mass is 31.1. The molecule has 0 unspecified atom stereocenters. The molecular weight excluding hydrogens is 587 g/mol. The maximum atomic E-state index is 7.07. The van der Waals surface area contributed by atoms with Crippen molar-refractivity contribution in [2.45, 2.75) is 6.61 Å². The van der Waals surface area contributed by atoms with Crippen molar-refractivity contribution < 1.29 is 4.74 Å². The lowest BCUT2D eigenvalue weighted by Gasteiger charge is -2.27. The van der Waals surface area contributed by atoms with Gasteiger partial charge < -0.3 is 4.74 Å². The van der Waals surface area contributed by atoms with E-state index < -0.39 is 7.92 Å². The fraction of sp³-hybridized carbons (Fsp3) is 0.0222. The van der Waals surface area contributed by atoms with Crippen LogP contribution in [0.5, 0.6) is 5.75 Å². The maximum Gasteiger partial charge on any atom is 0.136 e. The molecule has 8 aromatic rings. The Balaban J connectivity index is 1.50. The Morgan fingerprint density at radius 1 is 0.426 bits per heavy atom. The number of hydrogen-bond acceptors (Lipinski definition) is 1. The molecule has 0 aliphatic carbocycles. The molecule has 8 aromatic carbocycles. The summed E-state index contributed by atoms with van der Waals surface area (Å²) in [5.41, 5.74) is 5.75. The Morgan fingerprint density at radius 2 is 0.936 bits per heavy atom. The van der Waals surface area contributed by atoms with Gasteiger partial charge in [0.25, 0.3) is 0 Å². The van der Waals surface area contributed by atoms with Crippen LogP contribution in [0.15, 0.2) is 188 Å². The van der Waals surface area contributed by atoms with Crippen molar-refractivity contribution >= 4 is 45.4 Å². The summed E-state index contributed by atoms with van der Waals surface area (Å²) in [7, 11) is -0.904. The monoisotopic (exact) mass is 620 g/mol. The second-order valence-electron chi connectivity index (χ2n) is 11.7. The number of ether oxygens (including phenoxy) is 1. The SMILES string of the molecule is c1ccc(COc2c(-c3ccccc3)cc3ccccc3c2-c2c(P(c3ccccc3)c3ccccc3)ccc3ccccc23)cc1. The second kappa shape index (κ2) is 13.1. The Hall–Kier alpha value is -5.49. The molecular formula is C45H33OP. The van der Waals surface area contributed by atoms with Gasteiger partial charge in [-0.05, 0) is 62.6 Å². The van der Waals surface area contributed by atoms with E-state index in [0.717, 1.165) is 28.0 Å². The van der Waals surface area contributed by atoms with Crippen LogP contribution in [0.4, 0.5) is 0 Å².